The van der Waals surface area contributed by atoms with Gasteiger partial charge in [0.25, 0.3) is 10.3 Å². The van der Waals surface area contributed by atoms with Crippen LogP contribution in [0, 0.1) is 0 Å². The van der Waals surface area contributed by atoms with Crippen molar-refractivity contribution in [3.63, 3.8) is 0 Å². The molecule has 0 aliphatic carbocycles. The van der Waals surface area contributed by atoms with Gasteiger partial charge in [0.2, 0.25) is 0 Å². The Labute approximate surface area is 85.4 Å². The lowest BCUT2D eigenvalue weighted by atomic mass is 10.1. The smallest absolute Gasteiger partial charge is 0.259 e. The van der Waals surface area contributed by atoms with Crippen LogP contribution in [-0.4, -0.2) is 40.4 Å². The summed E-state index contributed by atoms with van der Waals surface area (Å²) in [5.74, 6) is 0. The Morgan fingerprint density at radius 2 is 2.15 bits per heavy atom. The number of nitrogens with one attached hydrogen (secondary N) is 2. The highest BCUT2D eigenvalue weighted by Crippen LogP contribution is 2.22. The van der Waals surface area contributed by atoms with Gasteiger partial charge in [-0.3, -0.25) is 0 Å². The van der Waals surface area contributed by atoms with Crippen molar-refractivity contribution < 1.29 is 14.6 Å². The van der Waals surface area contributed by atoms with Gasteiger partial charge in [-0.25, -0.2) is 0 Å². The Bertz CT molecular complexity index is 269. The highest BCUT2D eigenvalue weighted by molar-refractivity contribution is 7.80. The lowest BCUT2D eigenvalue weighted by Crippen LogP contribution is -2.59. The summed E-state index contributed by atoms with van der Waals surface area (Å²) in [5, 5.41) is 15.3. The van der Waals surface area contributed by atoms with E-state index in [0.29, 0.717) is 11.8 Å². The van der Waals surface area contributed by atoms with Gasteiger partial charge in [-0.15, -0.1) is 0 Å². The fourth-order valence-corrected chi connectivity index (χ4v) is 1.93. The van der Waals surface area contributed by atoms with E-state index in [4.69, 9.17) is 39.0 Å². The second-order valence-corrected chi connectivity index (χ2v) is 3.62. The van der Waals surface area contributed by atoms with Crippen molar-refractivity contribution in [2.45, 2.75) is 11.8 Å². The molecule has 72 valence electrons. The first-order valence-corrected chi connectivity index (χ1v) is 4.52. The fourth-order valence-electron chi connectivity index (χ4n) is 1.39. The van der Waals surface area contributed by atoms with Crippen molar-refractivity contribution >= 4 is 34.8 Å². The number of hydrogen-bond acceptors (Lipinski definition) is 5. The van der Waals surface area contributed by atoms with Crippen LogP contribution < -0.4 is 10.6 Å². The number of aliphatic hydroxyl groups excluding tert-OH is 1. The molecule has 2 aliphatic rings. The van der Waals surface area contributed by atoms with Crippen molar-refractivity contribution in [2.75, 3.05) is 13.2 Å². The van der Waals surface area contributed by atoms with E-state index in [1.165, 1.54) is 0 Å². The van der Waals surface area contributed by atoms with Crippen LogP contribution in [0.4, 0.5) is 0 Å². The standard InChI is InChI=1S/C6H8N2O3S2/c9-1-3-6(8-5(13)11-3)2-10-4(12)7-6/h3,9H,1-2H2,(H,7,12)(H,8,13)/t3-,6-/m0/s1. The SMILES string of the molecule is OC[C@@H]1OC(=S)N[C@@]12COC(=S)N2. The second kappa shape index (κ2) is 2.93. The van der Waals surface area contributed by atoms with E-state index < -0.39 is 11.8 Å². The summed E-state index contributed by atoms with van der Waals surface area (Å²) < 4.78 is 10.2. The molecule has 1 spiro atoms. The summed E-state index contributed by atoms with van der Waals surface area (Å²) in [6, 6.07) is 0. The minimum atomic E-state index is -0.678. The van der Waals surface area contributed by atoms with Crippen LogP contribution in [0.2, 0.25) is 0 Å². The zero-order valence-electron chi connectivity index (χ0n) is 6.57. The van der Waals surface area contributed by atoms with Crippen LogP contribution in [0.3, 0.4) is 0 Å². The zero-order chi connectivity index (χ0) is 9.47. The molecule has 0 unspecified atom stereocenters. The Morgan fingerprint density at radius 3 is 2.69 bits per heavy atom. The lowest BCUT2D eigenvalue weighted by molar-refractivity contribution is 0.0604. The molecule has 2 atom stereocenters. The summed E-state index contributed by atoms with van der Waals surface area (Å²) in [7, 11) is 0. The number of ether oxygens (including phenoxy) is 2. The average Bonchev–Trinajstić information content (AvgIpc) is 2.57. The summed E-state index contributed by atoms with van der Waals surface area (Å²) in [4.78, 5) is 0. The maximum atomic E-state index is 9.03. The largest absolute Gasteiger partial charge is 0.466 e. The van der Waals surface area contributed by atoms with Crippen LogP contribution in [-0.2, 0) is 9.47 Å². The van der Waals surface area contributed by atoms with Crippen molar-refractivity contribution in [1.29, 1.82) is 0 Å². The summed E-state index contributed by atoms with van der Waals surface area (Å²) in [6.45, 7) is 0.156. The normalized spacial score (nSPS) is 36.8. The molecule has 13 heavy (non-hydrogen) atoms. The van der Waals surface area contributed by atoms with Gasteiger partial charge in [0.1, 0.15) is 6.61 Å². The number of hydrogen-bond donors (Lipinski definition) is 3. The van der Waals surface area contributed by atoms with Crippen LogP contribution in [0.1, 0.15) is 0 Å². The third-order valence-electron chi connectivity index (χ3n) is 2.05. The number of aliphatic hydroxyl groups is 1. The van der Waals surface area contributed by atoms with E-state index in [1.54, 1.807) is 0 Å². The lowest BCUT2D eigenvalue weighted by Gasteiger charge is -2.24. The minimum Gasteiger partial charge on any atom is -0.466 e. The molecule has 2 rings (SSSR count). The molecule has 0 aromatic carbocycles. The van der Waals surface area contributed by atoms with Crippen molar-refractivity contribution in [3.05, 3.63) is 0 Å². The van der Waals surface area contributed by atoms with Crippen LogP contribution in [0.5, 0.6) is 0 Å². The average molecular weight is 220 g/mol. The highest BCUT2D eigenvalue weighted by Gasteiger charge is 2.51. The van der Waals surface area contributed by atoms with Gasteiger partial charge >= 0.3 is 0 Å². The van der Waals surface area contributed by atoms with E-state index >= 15 is 0 Å². The third-order valence-corrected chi connectivity index (χ3v) is 2.46. The van der Waals surface area contributed by atoms with Gasteiger partial charge in [0, 0.05) is 0 Å². The Balaban J connectivity index is 2.21. The molecule has 2 saturated heterocycles. The first kappa shape index (κ1) is 8.92. The van der Waals surface area contributed by atoms with Gasteiger partial charge < -0.3 is 25.2 Å². The Morgan fingerprint density at radius 1 is 1.46 bits per heavy atom. The molecule has 2 fully saturated rings. The Hall–Kier alpha value is -0.660. The third kappa shape index (κ3) is 1.32. The van der Waals surface area contributed by atoms with Crippen molar-refractivity contribution in [1.82, 2.24) is 10.6 Å². The highest BCUT2D eigenvalue weighted by atomic mass is 32.1. The monoisotopic (exact) mass is 220 g/mol. The van der Waals surface area contributed by atoms with Gasteiger partial charge in [-0.2, -0.15) is 0 Å². The van der Waals surface area contributed by atoms with Crippen molar-refractivity contribution in [2.24, 2.45) is 0 Å². The van der Waals surface area contributed by atoms with Crippen molar-refractivity contribution in [3.8, 4) is 0 Å². The topological polar surface area (TPSA) is 62.8 Å². The number of rotatable bonds is 1. The molecule has 0 bridgehead atoms. The Kier molecular flexibility index (Phi) is 2.01. The molecular formula is C6H8N2O3S2. The summed E-state index contributed by atoms with van der Waals surface area (Å²) >= 11 is 9.64. The van der Waals surface area contributed by atoms with Gasteiger partial charge in [-0.05, 0) is 24.4 Å². The second-order valence-electron chi connectivity index (χ2n) is 2.87. The van der Waals surface area contributed by atoms with Gasteiger partial charge in [0.05, 0.1) is 6.61 Å². The predicted molar refractivity (Wildman–Crippen MR) is 52.1 cm³/mol. The molecule has 2 heterocycles. The molecule has 5 nitrogen and oxygen atoms in total. The molecule has 0 saturated carbocycles. The van der Waals surface area contributed by atoms with Crippen LogP contribution >= 0.6 is 24.4 Å². The van der Waals surface area contributed by atoms with E-state index in [-0.39, 0.29) is 11.8 Å². The van der Waals surface area contributed by atoms with Gasteiger partial charge in [0.15, 0.2) is 11.8 Å². The number of thiocarbonyl (C=S) groups is 2. The quantitative estimate of drug-likeness (QED) is 0.482. The first-order valence-electron chi connectivity index (χ1n) is 3.71. The molecule has 7 heteroatoms. The predicted octanol–water partition coefficient (Wildman–Crippen LogP) is -1.15. The fraction of sp³-hybridized carbons (Fsp3) is 0.667. The molecule has 0 amide bonds. The van der Waals surface area contributed by atoms with Crippen LogP contribution in [0.25, 0.3) is 0 Å². The zero-order valence-corrected chi connectivity index (χ0v) is 8.20. The van der Waals surface area contributed by atoms with E-state index in [9.17, 15) is 0 Å². The summed E-state index contributed by atoms with van der Waals surface area (Å²) in [6.07, 6.45) is -0.458. The first-order chi connectivity index (χ1) is 6.16. The van der Waals surface area contributed by atoms with E-state index in [0.717, 1.165) is 0 Å². The molecule has 0 aromatic heterocycles. The molecule has 0 aromatic rings. The molecule has 2 aliphatic heterocycles. The van der Waals surface area contributed by atoms with E-state index in [1.807, 2.05) is 0 Å². The van der Waals surface area contributed by atoms with Gasteiger partial charge in [-0.1, -0.05) is 0 Å². The molecule has 3 N–H and O–H groups in total. The maximum Gasteiger partial charge on any atom is 0.259 e. The minimum absolute atomic E-state index is 0.147. The molecular weight excluding hydrogens is 212 g/mol. The van der Waals surface area contributed by atoms with Crippen LogP contribution in [0.15, 0.2) is 0 Å². The maximum absolute atomic E-state index is 9.03. The molecule has 0 radical (unpaired) electrons. The summed E-state index contributed by atoms with van der Waals surface area (Å²) in [5.41, 5.74) is -0.678. The van der Waals surface area contributed by atoms with E-state index in [2.05, 4.69) is 10.6 Å².